The van der Waals surface area contributed by atoms with Crippen LogP contribution >= 0.6 is 31.3 Å². The molecule has 5 aromatic heterocycles. The number of nitrogens with one attached hydrogen (secondary N) is 2. The fourth-order valence-corrected chi connectivity index (χ4v) is 14.9. The zero-order chi connectivity index (χ0) is 64.2. The number of aromatic nitrogens is 10. The molecular weight excluding hydrogens is 1270 g/mol. The quantitative estimate of drug-likeness (QED) is 0.0260. The number of para-hydroxylation sites is 1. The summed E-state index contributed by atoms with van der Waals surface area (Å²) in [5, 5.41) is 23.2. The van der Waals surface area contributed by atoms with E-state index in [1.165, 1.54) is 69.5 Å². The van der Waals surface area contributed by atoms with E-state index in [2.05, 4.69) is 43.5 Å². The van der Waals surface area contributed by atoms with Gasteiger partial charge in [-0.1, -0.05) is 30.1 Å². The molecule has 1 amide bonds. The molecule has 3 fully saturated rings. The number of allylic oxidation sites excluding steroid dienone is 1. The van der Waals surface area contributed by atoms with Crippen molar-refractivity contribution in [2.75, 3.05) is 52.5 Å². The van der Waals surface area contributed by atoms with Crippen LogP contribution < -0.4 is 42.5 Å². The number of ether oxygens (including phenoxy) is 5. The predicted molar refractivity (Wildman–Crippen MR) is 299 cm³/mol. The largest absolute Gasteiger partial charge is 0.756 e. The summed E-state index contributed by atoms with van der Waals surface area (Å²) < 4.78 is 119. The number of aliphatic hydroxyl groups excluding tert-OH is 2. The van der Waals surface area contributed by atoms with Crippen LogP contribution in [0.3, 0.4) is 0 Å². The molecule has 39 nitrogen and oxygen atoms in total. The van der Waals surface area contributed by atoms with Crippen molar-refractivity contribution >= 4 is 89.2 Å². The number of hydrogen-bond donors (Lipinski definition) is 10. The maximum atomic E-state index is 14.1. The number of nitrogens with zero attached hydrogens (tertiary/aromatic N) is 10. The monoisotopic (exact) mass is 1330 g/mol. The van der Waals surface area contributed by atoms with Crippen LogP contribution in [0.5, 0.6) is 5.75 Å². The number of H-pyrrole nitrogens is 2. The number of carbonyl (C=O) groups excluding carboxylic acids is 1. The number of benzene rings is 1. The molecule has 4 unspecified atom stereocenters. The summed E-state index contributed by atoms with van der Waals surface area (Å²) in [5.74, 6) is -2.06. The smallest absolute Gasteiger partial charge is 0.490 e. The maximum absolute atomic E-state index is 14.1. The van der Waals surface area contributed by atoms with Crippen molar-refractivity contribution in [3.63, 3.8) is 0 Å². The van der Waals surface area contributed by atoms with Gasteiger partial charge in [0.15, 0.2) is 41.9 Å². The average Bonchev–Trinajstić information content (AvgIpc) is 1.64. The van der Waals surface area contributed by atoms with Gasteiger partial charge >= 0.3 is 29.1 Å². The fourth-order valence-electron chi connectivity index (χ4n) is 10.4. The van der Waals surface area contributed by atoms with E-state index in [-0.39, 0.29) is 57.2 Å². The predicted octanol–water partition coefficient (Wildman–Crippen LogP) is -0.862. The van der Waals surface area contributed by atoms with E-state index in [1.54, 1.807) is 30.3 Å². The lowest BCUT2D eigenvalue weighted by atomic mass is 9.94. The van der Waals surface area contributed by atoms with Gasteiger partial charge in [0.05, 0.1) is 51.3 Å². The van der Waals surface area contributed by atoms with E-state index in [0.29, 0.717) is 12.8 Å². The molecule has 16 atom stereocenters. The van der Waals surface area contributed by atoms with Crippen LogP contribution in [0.25, 0.3) is 28.0 Å². The van der Waals surface area contributed by atoms with Gasteiger partial charge in [0.25, 0.3) is 24.9 Å². The second-order valence-electron chi connectivity index (χ2n) is 20.6. The first-order valence-corrected chi connectivity index (χ1v) is 32.6. The third kappa shape index (κ3) is 13.9. The second kappa shape index (κ2) is 25.6. The fraction of sp³-hybridized carbons (Fsp3) is 0.500. The first-order valence-electron chi connectivity index (χ1n) is 26.6. The van der Waals surface area contributed by atoms with Gasteiger partial charge in [-0.25, -0.2) is 33.2 Å². The van der Waals surface area contributed by atoms with E-state index in [1.807, 2.05) is 6.92 Å². The van der Waals surface area contributed by atoms with Crippen molar-refractivity contribution in [2.24, 2.45) is 23.7 Å². The maximum Gasteiger partial charge on any atom is 0.490 e. The molecule has 43 heteroatoms. The van der Waals surface area contributed by atoms with E-state index < -0.39 is 148 Å². The van der Waals surface area contributed by atoms with Crippen molar-refractivity contribution < 1.29 is 108 Å². The third-order valence-corrected chi connectivity index (χ3v) is 19.8. The van der Waals surface area contributed by atoms with E-state index >= 15 is 0 Å². The van der Waals surface area contributed by atoms with Crippen LogP contribution in [0.15, 0.2) is 69.5 Å². The molecule has 1 aromatic carbocycles. The number of aliphatic hydroxyl groups is 2. The molecule has 0 saturated carbocycles. The Bertz CT molecular complexity index is 4030. The molecule has 4 aliphatic heterocycles. The first-order chi connectivity index (χ1) is 42.0. The highest BCUT2D eigenvalue weighted by Gasteiger charge is 2.54. The summed E-state index contributed by atoms with van der Waals surface area (Å²) in [4.78, 5) is 112. The number of aliphatic imine (C=N–C) groups is 1. The van der Waals surface area contributed by atoms with Crippen LogP contribution in [0, 0.1) is 5.92 Å². The number of imidazole rings is 3. The molecule has 13 N–H and O–H groups in total. The lowest BCUT2D eigenvalue weighted by Crippen LogP contribution is -2.45. The lowest BCUT2D eigenvalue weighted by molar-refractivity contribution is -0.745. The molecule has 3 saturated heterocycles. The number of fused-ring (bicyclic) bond motifs is 3. The highest BCUT2D eigenvalue weighted by atomic mass is 31.3. The van der Waals surface area contributed by atoms with Crippen LogP contribution in [-0.4, -0.2) is 175 Å². The molecule has 0 radical (unpaired) electrons. The Balaban J connectivity index is 0.851. The van der Waals surface area contributed by atoms with Crippen molar-refractivity contribution in [3.05, 3.63) is 81.3 Å². The number of carbonyl (C=O) groups is 1. The zero-order valence-electron chi connectivity index (χ0n) is 47.4. The van der Waals surface area contributed by atoms with Crippen molar-refractivity contribution in [3.8, 4) is 5.75 Å². The summed E-state index contributed by atoms with van der Waals surface area (Å²) in [5.41, 5.74) is 17.6. The van der Waals surface area contributed by atoms with Gasteiger partial charge in [-0.15, -0.1) is 0 Å². The number of aromatic amines is 2. The topological polar surface area (TPSA) is 541 Å². The molecule has 10 rings (SSSR count). The Morgan fingerprint density at radius 1 is 0.820 bits per heavy atom. The summed E-state index contributed by atoms with van der Waals surface area (Å²) in [6.45, 7) is -1.47. The number of methoxy groups -OCH3 is 1. The minimum absolute atomic E-state index is 0.00700. The highest BCUT2D eigenvalue weighted by molar-refractivity contribution is 7.66. The SMILES string of the molecule is CCC1=C(N)c2ncn([C@@H]3O[C@H](COP(=O)(O)OP(=O)(O)OP(=O)(O)OC[C@H]4O[C@@H]([n+]5cn(C)c6c(=O)[nH]c(N)nc65)[C@H](O)[C@@H]4CC(=O)N(C)C)[C@@H](OP(=O)([O-])OC[C@H]4O[C@@H](n5cnc6c(=O)[nH]c(N)nc65)[C@H](Oc5ccccc5)[C@@H]4O)[C@H]3OC)c2N=CC1. The number of rotatable bonds is 24. The van der Waals surface area contributed by atoms with Gasteiger partial charge in [-0.3, -0.25) is 51.7 Å². The third-order valence-electron chi connectivity index (χ3n) is 14.6. The average molecular weight is 1330 g/mol. The van der Waals surface area contributed by atoms with Gasteiger partial charge in [-0.2, -0.15) is 13.6 Å². The van der Waals surface area contributed by atoms with Gasteiger partial charge in [0, 0.05) is 46.2 Å². The number of aryl methyl sites for hydroxylation is 1. The number of nitrogen functional groups attached to an aromatic ring is 2. The van der Waals surface area contributed by atoms with Crippen molar-refractivity contribution in [1.82, 2.24) is 48.5 Å². The highest BCUT2D eigenvalue weighted by Crippen LogP contribution is 2.68. The van der Waals surface area contributed by atoms with Crippen LogP contribution in [0.2, 0.25) is 0 Å². The summed E-state index contributed by atoms with van der Waals surface area (Å²) in [6.07, 6.45) is -11.8. The Morgan fingerprint density at radius 2 is 1.45 bits per heavy atom. The summed E-state index contributed by atoms with van der Waals surface area (Å²) in [6, 6.07) is 8.11. The van der Waals surface area contributed by atoms with E-state index in [0.717, 1.165) is 12.7 Å². The lowest BCUT2D eigenvalue weighted by Gasteiger charge is -2.31. The molecular formula is C46H61N15O24P4. The molecule has 0 spiro atoms. The molecule has 0 aliphatic carbocycles. The molecule has 0 bridgehead atoms. The van der Waals surface area contributed by atoms with Gasteiger partial charge < -0.3 is 84.6 Å². The Labute approximate surface area is 500 Å². The van der Waals surface area contributed by atoms with Crippen LogP contribution in [-0.2, 0) is 75.8 Å². The number of amides is 1. The van der Waals surface area contributed by atoms with Crippen LogP contribution in [0.4, 0.5) is 17.7 Å². The normalized spacial score (nSPS) is 28.1. The molecule has 6 aromatic rings. The minimum atomic E-state index is -6.26. The number of phosphoric ester groups is 3. The van der Waals surface area contributed by atoms with Crippen molar-refractivity contribution in [2.45, 2.75) is 93.7 Å². The first kappa shape index (κ1) is 65.4. The summed E-state index contributed by atoms with van der Waals surface area (Å²) in [7, 11) is -18.5. The van der Waals surface area contributed by atoms with Crippen LogP contribution in [0.1, 0.15) is 50.6 Å². The van der Waals surface area contributed by atoms with E-state index in [9.17, 15) is 62.4 Å². The Kier molecular flexibility index (Phi) is 18.9. The number of nitrogens with two attached hydrogens (primary N) is 3. The number of hydrogen-bond acceptors (Lipinski definition) is 29. The summed E-state index contributed by atoms with van der Waals surface area (Å²) >= 11 is 0. The van der Waals surface area contributed by atoms with Gasteiger partial charge in [0.1, 0.15) is 48.1 Å². The van der Waals surface area contributed by atoms with Gasteiger partial charge in [-0.05, 0) is 24.1 Å². The number of anilines is 2. The molecule has 89 heavy (non-hydrogen) atoms. The zero-order valence-corrected chi connectivity index (χ0v) is 50.9. The molecule has 484 valence electrons. The molecule has 4 aliphatic rings. The number of phosphoric acid groups is 4. The Morgan fingerprint density at radius 3 is 2.12 bits per heavy atom. The standard InChI is InChI=1S/C46H61N15O24P4/c1-6-21-12-13-50-37-29(28(21)47)51-18-59(37)44-36(75-5)34(83-86(67,68)76-16-25-33(64)35(79-22-10-8-7-9-11-22)43(81-25)60-19-52-30-38(60)53-45(48)55-40(30)65)26(82-44)17-78-88(71,72)85-89(73,74)84-87(69,70)77-15-24-23(14-27(62)57(2)3)32(63)42(80-24)61-20-58(4)31-39(61)54-46(49)56-41(31)66/h7-11,13,18-20,23-26,32-36,42-44,63-64H,6,12,14-17,47H2,1-5H3,(H9-,48,49,53,54,55,56,65,66,67,68,69,70,71,72,73,74)/t23-,24-,25-,26-,32-,33-,34-,35-,36-,42-,43-,44-/m1/s1. The second-order valence-corrected chi connectivity index (χ2v) is 26.6. The van der Waals surface area contributed by atoms with Gasteiger partial charge in [0.2, 0.25) is 23.6 Å². The minimum Gasteiger partial charge on any atom is -0.756 e. The molecule has 9 heterocycles. The van der Waals surface area contributed by atoms with E-state index in [4.69, 9.17) is 59.0 Å². The van der Waals surface area contributed by atoms with Crippen molar-refractivity contribution in [1.29, 1.82) is 0 Å². The Hall–Kier alpha value is -6.51.